The largest absolute Gasteiger partial charge is 0.392 e. The molecule has 110 valence electrons. The first-order chi connectivity index (χ1) is 9.95. The second-order valence-electron chi connectivity index (χ2n) is 3.99. The molecule has 1 amide bonds. The number of aromatic nitrogens is 1. The predicted octanol–water partition coefficient (Wildman–Crippen LogP) is 2.38. The first-order valence-corrected chi connectivity index (χ1v) is 5.63. The number of halogens is 4. The number of hydrogen-bond donors (Lipinski definition) is 2. The van der Waals surface area contributed by atoms with Crippen molar-refractivity contribution in [1.82, 2.24) is 4.98 Å². The topological polar surface area (TPSA) is 62.2 Å². The summed E-state index contributed by atoms with van der Waals surface area (Å²) in [4.78, 5) is 15.5. The minimum atomic E-state index is -2.08. The predicted molar refractivity (Wildman–Crippen MR) is 64.4 cm³/mol. The van der Waals surface area contributed by atoms with Crippen molar-refractivity contribution in [3.05, 3.63) is 58.9 Å². The van der Waals surface area contributed by atoms with Crippen LogP contribution >= 0.6 is 0 Å². The summed E-state index contributed by atoms with van der Waals surface area (Å²) in [5.41, 5.74) is -0.699. The number of nitrogens with one attached hydrogen (secondary N) is 1. The first kappa shape index (κ1) is 14.9. The maximum Gasteiger partial charge on any atom is 0.258 e. The molecule has 0 aliphatic rings. The second-order valence-corrected chi connectivity index (χ2v) is 3.99. The number of benzene rings is 1. The maximum atomic E-state index is 13.5. The molecule has 2 N–H and O–H groups in total. The van der Waals surface area contributed by atoms with E-state index in [0.717, 1.165) is 6.20 Å². The number of rotatable bonds is 3. The van der Waals surface area contributed by atoms with E-state index in [1.54, 1.807) is 0 Å². The van der Waals surface area contributed by atoms with Crippen LogP contribution in [0.2, 0.25) is 0 Å². The van der Waals surface area contributed by atoms with Gasteiger partial charge in [-0.15, -0.1) is 0 Å². The number of aliphatic hydroxyl groups is 1. The van der Waals surface area contributed by atoms with Gasteiger partial charge in [-0.05, 0) is 12.1 Å². The molecule has 1 aromatic carbocycles. The van der Waals surface area contributed by atoms with Crippen molar-refractivity contribution in [3.8, 4) is 0 Å². The average Bonchev–Trinajstić information content (AvgIpc) is 2.49. The summed E-state index contributed by atoms with van der Waals surface area (Å²) in [5.74, 6) is -8.77. The minimum Gasteiger partial charge on any atom is -0.392 e. The third-order valence-corrected chi connectivity index (χ3v) is 2.68. The Morgan fingerprint density at radius 1 is 1.19 bits per heavy atom. The van der Waals surface area contributed by atoms with Gasteiger partial charge in [0.1, 0.15) is 0 Å². The lowest BCUT2D eigenvalue weighted by molar-refractivity contribution is 0.102. The third kappa shape index (κ3) is 2.84. The van der Waals surface area contributed by atoms with E-state index in [9.17, 15) is 22.4 Å². The van der Waals surface area contributed by atoms with Gasteiger partial charge in [0.05, 0.1) is 24.1 Å². The Kier molecular flexibility index (Phi) is 4.18. The molecule has 0 bridgehead atoms. The lowest BCUT2D eigenvalue weighted by atomic mass is 10.1. The lowest BCUT2D eigenvalue weighted by Gasteiger charge is -2.10. The SMILES string of the molecule is O=C(Nc1cnccc1CO)c1cc(F)c(F)c(F)c1F. The van der Waals surface area contributed by atoms with Crippen LogP contribution < -0.4 is 5.32 Å². The van der Waals surface area contributed by atoms with Gasteiger partial charge >= 0.3 is 0 Å². The fourth-order valence-corrected chi connectivity index (χ4v) is 1.60. The Balaban J connectivity index is 2.38. The highest BCUT2D eigenvalue weighted by atomic mass is 19.2. The standard InChI is InChI=1S/C13H8F4N2O2/c14-8-3-7(10(15)12(17)11(8)16)13(21)19-9-4-18-2-1-6(9)5-20/h1-4,20H,5H2,(H,19,21). The Labute approximate surface area is 116 Å². The van der Waals surface area contributed by atoms with Crippen molar-refractivity contribution in [3.63, 3.8) is 0 Å². The van der Waals surface area contributed by atoms with E-state index in [2.05, 4.69) is 10.3 Å². The molecule has 0 unspecified atom stereocenters. The van der Waals surface area contributed by atoms with Crippen molar-refractivity contribution < 1.29 is 27.5 Å². The highest BCUT2D eigenvalue weighted by Crippen LogP contribution is 2.21. The van der Waals surface area contributed by atoms with Gasteiger partial charge < -0.3 is 10.4 Å². The summed E-state index contributed by atoms with van der Waals surface area (Å²) in [5, 5.41) is 11.2. The molecule has 21 heavy (non-hydrogen) atoms. The van der Waals surface area contributed by atoms with E-state index in [1.165, 1.54) is 12.3 Å². The van der Waals surface area contributed by atoms with Crippen LogP contribution in [0.1, 0.15) is 15.9 Å². The minimum absolute atomic E-state index is 0.0366. The smallest absolute Gasteiger partial charge is 0.258 e. The van der Waals surface area contributed by atoms with Crippen molar-refractivity contribution in [2.45, 2.75) is 6.61 Å². The van der Waals surface area contributed by atoms with Crippen molar-refractivity contribution in [2.75, 3.05) is 5.32 Å². The number of anilines is 1. The van der Waals surface area contributed by atoms with E-state index in [1.807, 2.05) is 0 Å². The number of aliphatic hydroxyl groups excluding tert-OH is 1. The van der Waals surface area contributed by atoms with Gasteiger partial charge in [-0.25, -0.2) is 17.6 Å². The molecular formula is C13H8F4N2O2. The molecule has 2 rings (SSSR count). The van der Waals surface area contributed by atoms with E-state index in [0.29, 0.717) is 0 Å². The van der Waals surface area contributed by atoms with E-state index < -0.39 is 41.3 Å². The summed E-state index contributed by atoms with van der Waals surface area (Å²) in [6.45, 7) is -0.438. The van der Waals surface area contributed by atoms with Crippen LogP contribution in [-0.4, -0.2) is 16.0 Å². The molecule has 0 spiro atoms. The van der Waals surface area contributed by atoms with E-state index >= 15 is 0 Å². The van der Waals surface area contributed by atoms with Crippen LogP contribution in [0.15, 0.2) is 24.5 Å². The van der Waals surface area contributed by atoms with E-state index in [-0.39, 0.29) is 17.3 Å². The maximum absolute atomic E-state index is 13.5. The Morgan fingerprint density at radius 3 is 2.57 bits per heavy atom. The van der Waals surface area contributed by atoms with Gasteiger partial charge in [0.25, 0.3) is 5.91 Å². The molecule has 4 nitrogen and oxygen atoms in total. The van der Waals surface area contributed by atoms with E-state index in [4.69, 9.17) is 5.11 Å². The van der Waals surface area contributed by atoms with Gasteiger partial charge in [0.2, 0.25) is 0 Å². The highest BCUT2D eigenvalue weighted by Gasteiger charge is 2.23. The monoisotopic (exact) mass is 300 g/mol. The fourth-order valence-electron chi connectivity index (χ4n) is 1.60. The lowest BCUT2D eigenvalue weighted by Crippen LogP contribution is -2.17. The molecule has 1 heterocycles. The number of pyridine rings is 1. The molecule has 0 fully saturated rings. The van der Waals surface area contributed by atoms with Crippen LogP contribution in [0.5, 0.6) is 0 Å². The Morgan fingerprint density at radius 2 is 1.90 bits per heavy atom. The van der Waals surface area contributed by atoms with Crippen LogP contribution in [0.4, 0.5) is 23.2 Å². The van der Waals surface area contributed by atoms with Crippen LogP contribution in [0, 0.1) is 23.3 Å². The molecule has 0 saturated heterocycles. The van der Waals surface area contributed by atoms with Gasteiger partial charge in [-0.2, -0.15) is 0 Å². The van der Waals surface area contributed by atoms with Crippen molar-refractivity contribution in [1.29, 1.82) is 0 Å². The molecule has 0 aliphatic carbocycles. The summed E-state index contributed by atoms with van der Waals surface area (Å²) in [6.07, 6.45) is 2.51. The third-order valence-electron chi connectivity index (χ3n) is 2.68. The molecule has 1 aromatic heterocycles. The second kappa shape index (κ2) is 5.88. The zero-order valence-corrected chi connectivity index (χ0v) is 10.3. The van der Waals surface area contributed by atoms with Crippen LogP contribution in [-0.2, 0) is 6.61 Å². The normalized spacial score (nSPS) is 10.5. The van der Waals surface area contributed by atoms with Crippen molar-refractivity contribution in [2.24, 2.45) is 0 Å². The fraction of sp³-hybridized carbons (Fsp3) is 0.0769. The first-order valence-electron chi connectivity index (χ1n) is 5.63. The highest BCUT2D eigenvalue weighted by molar-refractivity contribution is 6.04. The quantitative estimate of drug-likeness (QED) is 0.520. The number of amides is 1. The molecule has 8 heteroatoms. The molecule has 0 atom stereocenters. The summed E-state index contributed by atoms with van der Waals surface area (Å²) >= 11 is 0. The number of nitrogens with zero attached hydrogens (tertiary/aromatic N) is 1. The molecular weight excluding hydrogens is 292 g/mol. The average molecular weight is 300 g/mol. The molecule has 0 aliphatic heterocycles. The van der Waals surface area contributed by atoms with Crippen molar-refractivity contribution >= 4 is 11.6 Å². The van der Waals surface area contributed by atoms with Gasteiger partial charge in [-0.3, -0.25) is 9.78 Å². The molecule has 0 saturated carbocycles. The summed E-state index contributed by atoms with van der Waals surface area (Å²) in [6, 6.07) is 1.63. The Bertz CT molecular complexity index is 707. The van der Waals surface area contributed by atoms with Crippen LogP contribution in [0.3, 0.4) is 0 Å². The zero-order chi connectivity index (χ0) is 15.6. The zero-order valence-electron chi connectivity index (χ0n) is 10.3. The van der Waals surface area contributed by atoms with Gasteiger partial charge in [-0.1, -0.05) is 0 Å². The summed E-state index contributed by atoms with van der Waals surface area (Å²) < 4.78 is 52.4. The number of carbonyl (C=O) groups excluding carboxylic acids is 1. The van der Waals surface area contributed by atoms with Gasteiger partial charge in [0.15, 0.2) is 23.3 Å². The number of carbonyl (C=O) groups is 1. The Hall–Kier alpha value is -2.48. The molecule has 2 aromatic rings. The van der Waals surface area contributed by atoms with Crippen LogP contribution in [0.25, 0.3) is 0 Å². The van der Waals surface area contributed by atoms with Gasteiger partial charge in [0, 0.05) is 11.8 Å². The number of hydrogen-bond acceptors (Lipinski definition) is 3. The summed E-state index contributed by atoms with van der Waals surface area (Å²) in [7, 11) is 0. The molecule has 0 radical (unpaired) electrons.